The summed E-state index contributed by atoms with van der Waals surface area (Å²) < 4.78 is 76.3. The largest absolute Gasteiger partial charge is 0.417 e. The van der Waals surface area contributed by atoms with E-state index in [0.717, 1.165) is 29.5 Å². The van der Waals surface area contributed by atoms with Crippen LogP contribution in [0.3, 0.4) is 0 Å². The number of aromatic nitrogens is 3. The van der Waals surface area contributed by atoms with E-state index in [1.807, 2.05) is 0 Å². The number of alkyl halides is 4. The molecule has 0 radical (unpaired) electrons. The Hall–Kier alpha value is -3.71. The van der Waals surface area contributed by atoms with Gasteiger partial charge in [0.2, 0.25) is 5.91 Å². The van der Waals surface area contributed by atoms with Crippen LogP contribution in [-0.2, 0) is 17.5 Å². The maximum Gasteiger partial charge on any atom is 0.417 e. The quantitative estimate of drug-likeness (QED) is 0.222. The van der Waals surface area contributed by atoms with Gasteiger partial charge in [0.05, 0.1) is 16.1 Å². The highest BCUT2D eigenvalue weighted by atomic mass is 35.5. The third-order valence-electron chi connectivity index (χ3n) is 8.69. The van der Waals surface area contributed by atoms with Crippen molar-refractivity contribution < 1.29 is 26.7 Å². The van der Waals surface area contributed by atoms with Crippen molar-refractivity contribution >= 4 is 51.6 Å². The smallest absolute Gasteiger partial charge is 0.352 e. The van der Waals surface area contributed by atoms with Gasteiger partial charge in [-0.25, -0.2) is 13.6 Å². The molecule has 3 aliphatic rings. The third kappa shape index (κ3) is 5.61. The second-order valence-electron chi connectivity index (χ2n) is 11.7. The molecule has 0 bridgehead atoms. The van der Waals surface area contributed by atoms with Gasteiger partial charge in [-0.2, -0.15) is 18.2 Å². The van der Waals surface area contributed by atoms with Gasteiger partial charge < -0.3 is 9.80 Å². The molecular formula is C32H29ClF5N5O2S. The summed E-state index contributed by atoms with van der Waals surface area (Å²) in [5.41, 5.74) is -1.69. The van der Waals surface area contributed by atoms with Crippen LogP contribution in [0.2, 0.25) is 0 Å². The van der Waals surface area contributed by atoms with Gasteiger partial charge in [0.1, 0.15) is 17.8 Å². The molecule has 1 amide bonds. The maximum atomic E-state index is 15.6. The zero-order valence-corrected chi connectivity index (χ0v) is 26.4. The molecule has 1 fully saturated rings. The lowest BCUT2D eigenvalue weighted by atomic mass is 9.89. The van der Waals surface area contributed by atoms with Crippen LogP contribution in [0, 0.1) is 0 Å². The van der Waals surface area contributed by atoms with Crippen LogP contribution >= 0.6 is 23.4 Å². The summed E-state index contributed by atoms with van der Waals surface area (Å²) in [5, 5.41) is -0.406. The summed E-state index contributed by atoms with van der Waals surface area (Å²) in [5.74, 6) is -1.27. The molecule has 2 aliphatic heterocycles. The zero-order valence-electron chi connectivity index (χ0n) is 24.8. The van der Waals surface area contributed by atoms with Crippen LogP contribution in [0.5, 0.6) is 0 Å². The Morgan fingerprint density at radius 1 is 1.15 bits per heavy atom. The number of hydrogen-bond donors (Lipinski definition) is 0. The summed E-state index contributed by atoms with van der Waals surface area (Å²) in [7, 11) is 0. The minimum atomic E-state index is -4.96. The van der Waals surface area contributed by atoms with Gasteiger partial charge in [-0.05, 0) is 55.3 Å². The number of hydrogen-bond acceptors (Lipinski definition) is 6. The molecule has 1 unspecified atom stereocenters. The Morgan fingerprint density at radius 3 is 2.46 bits per heavy atom. The number of carbonyl (C=O) groups excluding carboxylic acids is 1. The minimum absolute atomic E-state index is 0.0420. The first kappa shape index (κ1) is 32.2. The minimum Gasteiger partial charge on any atom is -0.352 e. The number of nitrogens with zero attached hydrogens (tertiary/aromatic N) is 5. The highest BCUT2D eigenvalue weighted by Gasteiger charge is 2.42. The molecule has 1 aliphatic carbocycles. The number of halogens is 6. The molecule has 242 valence electrons. The third-order valence-corrected chi connectivity index (χ3v) is 10.3. The van der Waals surface area contributed by atoms with Crippen molar-refractivity contribution in [2.45, 2.75) is 62.1 Å². The summed E-state index contributed by atoms with van der Waals surface area (Å²) >= 11 is 7.10. The van der Waals surface area contributed by atoms with Gasteiger partial charge in [0.25, 0.3) is 0 Å². The normalized spacial score (nSPS) is 23.8. The molecule has 0 saturated carbocycles. The van der Waals surface area contributed by atoms with Crippen LogP contribution in [0.15, 0.2) is 69.9 Å². The number of pyridine rings is 1. The fourth-order valence-corrected chi connectivity index (χ4v) is 8.27. The first-order valence-corrected chi connectivity index (χ1v) is 16.0. The zero-order chi connectivity index (χ0) is 33.1. The van der Waals surface area contributed by atoms with E-state index in [-0.39, 0.29) is 70.9 Å². The van der Waals surface area contributed by atoms with Gasteiger partial charge in [-0.15, -0.1) is 11.8 Å². The standard InChI is InChI=1S/C32H29ClF5N5O2S/c1-4-26(44)43-16(2)12-41(13-17(43)3)30-21-9-22(32(36,37)38)27(20-10-23(33)25(35)11-24(20)34)29-28(21)42(31(45)40-30)14-19(15-46-29)18-5-7-39-8-6-18/h4-10,16-17,19,24H,1,11-15H2,2-3H3/t16-,17+,19-,24?/m1/s1. The molecule has 46 heavy (non-hydrogen) atoms. The van der Waals surface area contributed by atoms with Crippen molar-refractivity contribution in [2.75, 3.05) is 23.7 Å². The van der Waals surface area contributed by atoms with Crippen LogP contribution in [0.25, 0.3) is 16.5 Å². The van der Waals surface area contributed by atoms with E-state index in [1.165, 1.54) is 10.6 Å². The van der Waals surface area contributed by atoms with E-state index in [0.29, 0.717) is 0 Å². The Kier molecular flexibility index (Phi) is 8.51. The van der Waals surface area contributed by atoms with E-state index in [1.54, 1.807) is 48.2 Å². The Labute approximate surface area is 270 Å². The number of rotatable bonds is 4. The van der Waals surface area contributed by atoms with Crippen molar-refractivity contribution in [3.8, 4) is 0 Å². The monoisotopic (exact) mass is 677 g/mol. The van der Waals surface area contributed by atoms with Crippen molar-refractivity contribution in [3.05, 3.63) is 87.4 Å². The summed E-state index contributed by atoms with van der Waals surface area (Å²) in [6.07, 6.45) is -2.57. The summed E-state index contributed by atoms with van der Waals surface area (Å²) in [6.45, 7) is 7.65. The molecule has 4 atom stereocenters. The van der Waals surface area contributed by atoms with Crippen molar-refractivity contribution in [3.63, 3.8) is 0 Å². The topological polar surface area (TPSA) is 71.3 Å². The molecule has 4 heterocycles. The van der Waals surface area contributed by atoms with E-state index in [9.17, 15) is 14.0 Å². The lowest BCUT2D eigenvalue weighted by molar-refractivity contribution is -0.138. The Bertz CT molecular complexity index is 1850. The number of thioether (sulfide) groups is 1. The fraction of sp³-hybridized carbons (Fsp3) is 0.375. The molecule has 0 N–H and O–H groups in total. The molecule has 14 heteroatoms. The number of carbonyl (C=O) groups is 1. The molecule has 3 aromatic rings. The van der Waals surface area contributed by atoms with Crippen LogP contribution in [0.1, 0.15) is 42.9 Å². The van der Waals surface area contributed by atoms with Crippen LogP contribution < -0.4 is 10.6 Å². The second-order valence-corrected chi connectivity index (χ2v) is 13.2. The SMILES string of the molecule is C=CC(=O)N1[C@H](C)CN(c2nc(=O)n3c4c(c(C5=CC(Cl)=C(F)CC5F)c(C(F)(F)F)cc24)SC[C@H](c2ccncc2)C3)C[C@@H]1C. The molecule has 1 saturated heterocycles. The van der Waals surface area contributed by atoms with Gasteiger partial charge in [-0.1, -0.05) is 18.2 Å². The summed E-state index contributed by atoms with van der Waals surface area (Å²) in [4.78, 5) is 38.2. The predicted octanol–water partition coefficient (Wildman–Crippen LogP) is 6.86. The summed E-state index contributed by atoms with van der Waals surface area (Å²) in [6, 6.07) is 3.70. The lowest BCUT2D eigenvalue weighted by Gasteiger charge is -2.44. The molecular weight excluding hydrogens is 649 g/mol. The molecule has 0 spiro atoms. The number of benzene rings is 1. The number of piperazine rings is 1. The highest BCUT2D eigenvalue weighted by Crippen LogP contribution is 2.50. The van der Waals surface area contributed by atoms with Gasteiger partial charge >= 0.3 is 11.9 Å². The van der Waals surface area contributed by atoms with E-state index in [4.69, 9.17) is 11.6 Å². The molecule has 1 aromatic carbocycles. The Balaban J connectivity index is 1.64. The highest BCUT2D eigenvalue weighted by molar-refractivity contribution is 7.99. The van der Waals surface area contributed by atoms with E-state index < -0.39 is 52.0 Å². The van der Waals surface area contributed by atoms with Crippen molar-refractivity contribution in [1.29, 1.82) is 0 Å². The van der Waals surface area contributed by atoms with Gasteiger partial charge in [0.15, 0.2) is 0 Å². The molecule has 7 nitrogen and oxygen atoms in total. The van der Waals surface area contributed by atoms with Crippen molar-refractivity contribution in [1.82, 2.24) is 19.4 Å². The van der Waals surface area contributed by atoms with Crippen LogP contribution in [0.4, 0.5) is 27.8 Å². The number of anilines is 1. The number of amides is 1. The number of allylic oxidation sites excluding steroid dienone is 4. The fourth-order valence-electron chi connectivity index (χ4n) is 6.68. The van der Waals surface area contributed by atoms with E-state index >= 15 is 17.6 Å². The average molecular weight is 678 g/mol. The van der Waals surface area contributed by atoms with E-state index in [2.05, 4.69) is 16.5 Å². The predicted molar refractivity (Wildman–Crippen MR) is 168 cm³/mol. The molecule has 2 aromatic heterocycles. The van der Waals surface area contributed by atoms with Crippen molar-refractivity contribution in [2.24, 2.45) is 0 Å². The first-order valence-electron chi connectivity index (χ1n) is 14.6. The Morgan fingerprint density at radius 2 is 1.83 bits per heavy atom. The molecule has 6 rings (SSSR count). The van der Waals surface area contributed by atoms with Gasteiger partial charge in [-0.3, -0.25) is 14.3 Å². The maximum absolute atomic E-state index is 15.6. The second kappa shape index (κ2) is 12.1. The van der Waals surface area contributed by atoms with Gasteiger partial charge in [0, 0.05) is 78.0 Å². The average Bonchev–Trinajstić information content (AvgIpc) is 3.21. The van der Waals surface area contributed by atoms with Crippen LogP contribution in [-0.4, -0.2) is 62.4 Å². The first-order chi connectivity index (χ1) is 21.8. The lowest BCUT2D eigenvalue weighted by Crippen LogP contribution is -2.58.